The van der Waals surface area contributed by atoms with Gasteiger partial charge in [-0.25, -0.2) is 4.39 Å². The molecule has 2 fully saturated rings. The first kappa shape index (κ1) is 13.0. The van der Waals surface area contributed by atoms with Crippen LogP contribution in [0.3, 0.4) is 0 Å². The molecule has 2 aromatic carbocycles. The molecule has 2 N–H and O–H groups in total. The zero-order valence-electron chi connectivity index (χ0n) is 28.7. The topological polar surface area (TPSA) is 91.0 Å². The highest BCUT2D eigenvalue weighted by atomic mass is 19.1. The summed E-state index contributed by atoms with van der Waals surface area (Å²) >= 11 is 0. The summed E-state index contributed by atoms with van der Waals surface area (Å²) < 4.78 is 113. The molecule has 3 aliphatic rings. The lowest BCUT2D eigenvalue weighted by Crippen LogP contribution is -2.52. The van der Waals surface area contributed by atoms with Crippen molar-refractivity contribution in [1.82, 2.24) is 15.1 Å². The number of morpholine rings is 1. The number of nitrogens with one attached hydrogen (secondary N) is 2. The summed E-state index contributed by atoms with van der Waals surface area (Å²) in [6.07, 6.45) is -7.31. The Morgan fingerprint density at radius 3 is 2.85 bits per heavy atom. The monoisotopic (exact) mass is 477 g/mol. The standard InChI is InChI=1S/C25H27FN4O4/c26-20-12-16(14-29-8-10-34-11-9-29)4-5-17(20)13-27-21-3-1-2-18-19(21)15-30(25(18)33)22-6-7-23(31)28-24(22)32/h1-5,12,22,27H,6-11,13-15H2,(H,28,31,32)/t22-/m0/s1/i6D2,7D2,13D2,14D2,15D2,22D. The average molecular weight is 478 g/mol. The molecule has 34 heavy (non-hydrogen) atoms. The maximum absolute atomic E-state index is 15.4. The minimum Gasteiger partial charge on any atom is -0.381 e. The quantitative estimate of drug-likeness (QED) is 0.619. The van der Waals surface area contributed by atoms with Crippen molar-refractivity contribution in [2.24, 2.45) is 0 Å². The van der Waals surface area contributed by atoms with E-state index in [2.05, 4.69) is 5.32 Å². The van der Waals surface area contributed by atoms with Gasteiger partial charge in [-0.05, 0) is 30.1 Å². The summed E-state index contributed by atoms with van der Waals surface area (Å²) in [7, 11) is 0. The molecule has 5 rings (SSSR count). The van der Waals surface area contributed by atoms with Crippen LogP contribution in [-0.4, -0.2) is 59.8 Å². The highest BCUT2D eigenvalue weighted by Crippen LogP contribution is 2.32. The van der Waals surface area contributed by atoms with Crippen LogP contribution in [0.15, 0.2) is 36.4 Å². The Kier molecular flexibility index (Phi) is 3.63. The van der Waals surface area contributed by atoms with Crippen LogP contribution in [-0.2, 0) is 33.8 Å². The number of anilines is 1. The van der Waals surface area contributed by atoms with Gasteiger partial charge in [0.15, 0.2) is 0 Å². The van der Waals surface area contributed by atoms with Gasteiger partial charge in [0.2, 0.25) is 11.8 Å². The average Bonchev–Trinajstić information content (AvgIpc) is 3.17. The molecule has 0 bridgehead atoms. The highest BCUT2D eigenvalue weighted by Gasteiger charge is 2.39. The number of hydrogen-bond donors (Lipinski definition) is 2. The number of carbonyl (C=O) groups is 3. The molecule has 0 aromatic heterocycles. The predicted molar refractivity (Wildman–Crippen MR) is 122 cm³/mol. The van der Waals surface area contributed by atoms with Gasteiger partial charge in [-0.15, -0.1) is 0 Å². The van der Waals surface area contributed by atoms with Gasteiger partial charge in [-0.3, -0.25) is 24.6 Å². The fourth-order valence-electron chi connectivity index (χ4n) is 3.60. The van der Waals surface area contributed by atoms with E-state index in [0.29, 0.717) is 0 Å². The van der Waals surface area contributed by atoms with E-state index in [1.165, 1.54) is 22.3 Å². The summed E-state index contributed by atoms with van der Waals surface area (Å²) in [6.45, 7) is -7.13. The highest BCUT2D eigenvalue weighted by molar-refractivity contribution is 6.06. The lowest BCUT2D eigenvalue weighted by Gasteiger charge is -2.29. The summed E-state index contributed by atoms with van der Waals surface area (Å²) in [4.78, 5) is 39.8. The molecule has 0 saturated carbocycles. The second kappa shape index (κ2) is 9.52. The lowest BCUT2D eigenvalue weighted by molar-refractivity contribution is -0.136. The van der Waals surface area contributed by atoms with Crippen molar-refractivity contribution in [2.45, 2.75) is 38.3 Å². The molecule has 8 nitrogen and oxygen atoms in total. The van der Waals surface area contributed by atoms with E-state index in [4.69, 9.17) is 19.8 Å². The molecular formula is C25H27FN4O4. The van der Waals surface area contributed by atoms with Gasteiger partial charge in [0.1, 0.15) is 11.8 Å². The summed E-state index contributed by atoms with van der Waals surface area (Å²) in [5.74, 6) is -6.06. The maximum atomic E-state index is 15.4. The van der Waals surface area contributed by atoms with Crippen molar-refractivity contribution in [3.8, 4) is 0 Å². The number of fused-ring (bicyclic) bond motifs is 1. The molecule has 0 spiro atoms. The van der Waals surface area contributed by atoms with E-state index in [9.17, 15) is 14.4 Å². The Hall–Kier alpha value is -3.30. The smallest absolute Gasteiger partial charge is 0.255 e. The lowest BCUT2D eigenvalue weighted by atomic mass is 10.0. The molecule has 3 heterocycles. The zero-order valence-corrected chi connectivity index (χ0v) is 17.7. The zero-order chi connectivity index (χ0) is 33.5. The van der Waals surface area contributed by atoms with Crippen molar-refractivity contribution in [1.29, 1.82) is 0 Å². The third-order valence-corrected chi connectivity index (χ3v) is 5.28. The summed E-state index contributed by atoms with van der Waals surface area (Å²) in [6, 6.07) is 2.80. The molecule has 1 atom stereocenters. The molecule has 0 unspecified atom stereocenters. The Morgan fingerprint density at radius 1 is 1.24 bits per heavy atom. The van der Waals surface area contributed by atoms with Crippen LogP contribution < -0.4 is 10.6 Å². The first-order valence-electron chi connectivity index (χ1n) is 15.9. The van der Waals surface area contributed by atoms with Crippen LogP contribution in [0.2, 0.25) is 0 Å². The van der Waals surface area contributed by atoms with E-state index in [1.54, 1.807) is 0 Å². The van der Waals surface area contributed by atoms with E-state index in [-0.39, 0.29) is 36.8 Å². The van der Waals surface area contributed by atoms with Crippen molar-refractivity contribution in [2.75, 3.05) is 31.6 Å². The number of ether oxygens (including phenoxy) is 1. The van der Waals surface area contributed by atoms with E-state index in [1.807, 2.05) is 0 Å². The van der Waals surface area contributed by atoms with Crippen LogP contribution >= 0.6 is 0 Å². The first-order chi connectivity index (χ1) is 20.6. The van der Waals surface area contributed by atoms with Gasteiger partial charge in [0.25, 0.3) is 5.91 Å². The van der Waals surface area contributed by atoms with E-state index < -0.39 is 84.2 Å². The van der Waals surface area contributed by atoms with Gasteiger partial charge in [-0.2, -0.15) is 0 Å². The second-order valence-corrected chi connectivity index (χ2v) is 7.52. The van der Waals surface area contributed by atoms with Crippen LogP contribution in [0, 0.1) is 5.82 Å². The SMILES string of the molecule is [2H]C([2H])(Nc1cccc2c1C([2H])([2H])N([C@]1([2H])C(=O)NC(=O)C([2H])([2H])C1([2H])[2H])C2=O)c1ccc(C([2H])([2H])N2CCOCC2)cc1F. The molecule has 3 aliphatic heterocycles. The number of nitrogens with zero attached hydrogens (tertiary/aromatic N) is 2. The van der Waals surface area contributed by atoms with E-state index >= 15 is 4.39 Å². The van der Waals surface area contributed by atoms with Gasteiger partial charge in [0, 0.05) is 69.6 Å². The normalized spacial score (nSPS) is 33.1. The minimum absolute atomic E-state index is 0.0845. The van der Waals surface area contributed by atoms with Gasteiger partial charge in [-0.1, -0.05) is 18.2 Å². The number of rotatable bonds is 6. The fourth-order valence-corrected chi connectivity index (χ4v) is 3.60. The van der Waals surface area contributed by atoms with Crippen molar-refractivity contribution in [3.63, 3.8) is 0 Å². The van der Waals surface area contributed by atoms with Crippen LogP contribution in [0.25, 0.3) is 0 Å². The molecule has 9 heteroatoms. The number of benzene rings is 2. The Balaban J connectivity index is 1.52. The molecule has 3 amide bonds. The Bertz CT molecular complexity index is 1600. The molecule has 0 radical (unpaired) electrons. The van der Waals surface area contributed by atoms with Crippen molar-refractivity contribution >= 4 is 23.4 Å². The van der Waals surface area contributed by atoms with Gasteiger partial charge < -0.3 is 15.0 Å². The number of imide groups is 1. The Morgan fingerprint density at radius 2 is 2.06 bits per heavy atom. The fraction of sp³-hybridized carbons (Fsp3) is 0.400. The number of hydrogen-bond acceptors (Lipinski definition) is 6. The first-order valence-corrected chi connectivity index (χ1v) is 10.4. The summed E-state index contributed by atoms with van der Waals surface area (Å²) in [5.41, 5.74) is -2.30. The molecular weight excluding hydrogens is 439 g/mol. The molecule has 2 aromatic rings. The number of amides is 3. The largest absolute Gasteiger partial charge is 0.381 e. The predicted octanol–water partition coefficient (Wildman–Crippen LogP) is 2.03. The van der Waals surface area contributed by atoms with Crippen LogP contribution in [0.4, 0.5) is 10.1 Å². The number of piperidine rings is 1. The molecule has 2 saturated heterocycles. The molecule has 0 aliphatic carbocycles. The number of carbonyl (C=O) groups excluding carboxylic acids is 3. The van der Waals surface area contributed by atoms with Crippen LogP contribution in [0.5, 0.6) is 0 Å². The number of halogens is 1. The minimum atomic E-state index is -3.76. The third kappa shape index (κ3) is 4.53. The van der Waals surface area contributed by atoms with Crippen molar-refractivity contribution in [3.05, 3.63) is 64.5 Å². The second-order valence-electron chi connectivity index (χ2n) is 7.52. The van der Waals surface area contributed by atoms with Crippen molar-refractivity contribution < 1.29 is 38.6 Å². The van der Waals surface area contributed by atoms with Crippen LogP contribution in [0.1, 0.15) is 54.9 Å². The Labute approximate surface area is 212 Å². The maximum Gasteiger partial charge on any atom is 0.255 e. The van der Waals surface area contributed by atoms with Gasteiger partial charge in [0.05, 0.1) is 20.1 Å². The third-order valence-electron chi connectivity index (χ3n) is 5.28. The summed E-state index contributed by atoms with van der Waals surface area (Å²) in [5, 5.41) is 3.83. The van der Waals surface area contributed by atoms with E-state index in [0.717, 1.165) is 24.3 Å². The molecule has 178 valence electrons. The van der Waals surface area contributed by atoms with Gasteiger partial charge >= 0.3 is 0 Å².